The molecule has 1 aromatic heterocycles. The van der Waals surface area contributed by atoms with Crippen molar-refractivity contribution in [1.82, 2.24) is 9.88 Å². The number of likely N-dealkylation sites (tertiary alicyclic amines) is 1. The molecule has 1 fully saturated rings. The summed E-state index contributed by atoms with van der Waals surface area (Å²) in [5.74, 6) is -1.64. The number of esters is 1. The van der Waals surface area contributed by atoms with Gasteiger partial charge in [-0.2, -0.15) is 0 Å². The molecule has 0 unspecified atom stereocenters. The molecule has 0 spiro atoms. The van der Waals surface area contributed by atoms with Crippen LogP contribution in [0.3, 0.4) is 0 Å². The molecule has 1 aromatic carbocycles. The number of primary amides is 1. The number of aromatic nitrogens is 1. The van der Waals surface area contributed by atoms with E-state index >= 15 is 0 Å². The second-order valence-corrected chi connectivity index (χ2v) is 6.87. The lowest BCUT2D eigenvalue weighted by molar-refractivity contribution is -0.137. The van der Waals surface area contributed by atoms with Gasteiger partial charge in [0.25, 0.3) is 5.91 Å². The Bertz CT molecular complexity index is 909. The van der Waals surface area contributed by atoms with Crippen molar-refractivity contribution in [3.8, 4) is 0 Å². The van der Waals surface area contributed by atoms with E-state index in [-0.39, 0.29) is 25.0 Å². The number of hydrogen-bond donors (Lipinski definition) is 1. The van der Waals surface area contributed by atoms with Crippen LogP contribution in [0.25, 0.3) is 10.9 Å². The van der Waals surface area contributed by atoms with Gasteiger partial charge in [0.2, 0.25) is 5.91 Å². The van der Waals surface area contributed by atoms with Crippen LogP contribution in [-0.2, 0) is 14.3 Å². The summed E-state index contributed by atoms with van der Waals surface area (Å²) in [4.78, 5) is 42.3. The maximum Gasteiger partial charge on any atom is 0.340 e. The fourth-order valence-corrected chi connectivity index (χ4v) is 3.56. The van der Waals surface area contributed by atoms with Crippen molar-refractivity contribution in [3.63, 3.8) is 0 Å². The van der Waals surface area contributed by atoms with Crippen LogP contribution in [0.5, 0.6) is 0 Å². The number of ether oxygens (including phenoxy) is 1. The second-order valence-electron chi connectivity index (χ2n) is 6.87. The normalized spacial score (nSPS) is 17.0. The molecule has 7 heteroatoms. The Morgan fingerprint density at radius 1 is 1.26 bits per heavy atom. The number of pyridine rings is 1. The molecule has 142 valence electrons. The van der Waals surface area contributed by atoms with E-state index in [0.29, 0.717) is 30.6 Å². The van der Waals surface area contributed by atoms with Crippen LogP contribution in [0, 0.1) is 19.8 Å². The number of aryl methyl sites for hydroxylation is 2. The minimum Gasteiger partial charge on any atom is -0.452 e. The molecule has 3 rings (SSSR count). The van der Waals surface area contributed by atoms with E-state index < -0.39 is 11.9 Å². The topological polar surface area (TPSA) is 103 Å². The van der Waals surface area contributed by atoms with Crippen molar-refractivity contribution in [2.45, 2.75) is 26.7 Å². The highest BCUT2D eigenvalue weighted by molar-refractivity contribution is 5.99. The molecular weight excluding hydrogens is 346 g/mol. The summed E-state index contributed by atoms with van der Waals surface area (Å²) < 4.78 is 5.26. The van der Waals surface area contributed by atoms with Crippen molar-refractivity contribution < 1.29 is 19.1 Å². The first-order valence-electron chi connectivity index (χ1n) is 8.98. The SMILES string of the molecule is Cc1nc2ccccc2c(C)c1C(=O)OCC(=O)N1CCC[C@H](C(N)=O)C1. The van der Waals surface area contributed by atoms with Crippen molar-refractivity contribution in [1.29, 1.82) is 0 Å². The molecule has 1 saturated heterocycles. The molecule has 0 bridgehead atoms. The average Bonchev–Trinajstić information content (AvgIpc) is 2.66. The third-order valence-corrected chi connectivity index (χ3v) is 5.04. The van der Waals surface area contributed by atoms with Crippen molar-refractivity contribution in [2.75, 3.05) is 19.7 Å². The number of rotatable bonds is 4. The summed E-state index contributed by atoms with van der Waals surface area (Å²) in [6, 6.07) is 7.57. The molecular formula is C20H23N3O4. The Morgan fingerprint density at radius 3 is 2.74 bits per heavy atom. The van der Waals surface area contributed by atoms with Crippen LogP contribution in [-0.4, -0.2) is 47.4 Å². The number of piperidine rings is 1. The first-order valence-corrected chi connectivity index (χ1v) is 8.98. The zero-order chi connectivity index (χ0) is 19.6. The van der Waals surface area contributed by atoms with Crippen molar-refractivity contribution in [3.05, 3.63) is 41.1 Å². The number of benzene rings is 1. The maximum absolute atomic E-state index is 12.6. The lowest BCUT2D eigenvalue weighted by atomic mass is 9.97. The fourth-order valence-electron chi connectivity index (χ4n) is 3.56. The Hall–Kier alpha value is -2.96. The summed E-state index contributed by atoms with van der Waals surface area (Å²) in [7, 11) is 0. The van der Waals surface area contributed by atoms with E-state index in [2.05, 4.69) is 4.98 Å². The zero-order valence-corrected chi connectivity index (χ0v) is 15.5. The Labute approximate surface area is 157 Å². The van der Waals surface area contributed by atoms with Gasteiger partial charge in [0.1, 0.15) is 0 Å². The standard InChI is InChI=1S/C20H23N3O4/c1-12-15-7-3-4-8-16(15)22-13(2)18(12)20(26)27-11-17(24)23-9-5-6-14(10-23)19(21)25/h3-4,7-8,14H,5-6,9-11H2,1-2H3,(H2,21,25)/t14-/m0/s1. The van der Waals surface area contributed by atoms with Crippen LogP contribution in [0.4, 0.5) is 0 Å². The average molecular weight is 369 g/mol. The molecule has 0 saturated carbocycles. The zero-order valence-electron chi connectivity index (χ0n) is 15.5. The van der Waals surface area contributed by atoms with Gasteiger partial charge < -0.3 is 15.4 Å². The van der Waals surface area contributed by atoms with Gasteiger partial charge in [-0.1, -0.05) is 18.2 Å². The monoisotopic (exact) mass is 369 g/mol. The Kier molecular flexibility index (Phi) is 5.39. The molecule has 2 N–H and O–H groups in total. The number of hydrogen-bond acceptors (Lipinski definition) is 5. The minimum absolute atomic E-state index is 0.279. The van der Waals surface area contributed by atoms with Gasteiger partial charge in [-0.25, -0.2) is 4.79 Å². The van der Waals surface area contributed by atoms with E-state index in [9.17, 15) is 14.4 Å². The predicted octanol–water partition coefficient (Wildman–Crippen LogP) is 1.73. The molecule has 1 aliphatic heterocycles. The summed E-state index contributed by atoms with van der Waals surface area (Å²) in [6.07, 6.45) is 1.39. The highest BCUT2D eigenvalue weighted by atomic mass is 16.5. The highest BCUT2D eigenvalue weighted by Crippen LogP contribution is 2.23. The largest absolute Gasteiger partial charge is 0.452 e. The highest BCUT2D eigenvalue weighted by Gasteiger charge is 2.28. The van der Waals surface area contributed by atoms with E-state index in [0.717, 1.165) is 16.5 Å². The van der Waals surface area contributed by atoms with E-state index in [4.69, 9.17) is 10.5 Å². The number of fused-ring (bicyclic) bond motifs is 1. The lowest BCUT2D eigenvalue weighted by Gasteiger charge is -2.31. The van der Waals surface area contributed by atoms with Crippen molar-refractivity contribution >= 4 is 28.7 Å². The molecule has 1 aliphatic rings. The van der Waals surface area contributed by atoms with E-state index in [1.807, 2.05) is 31.2 Å². The Morgan fingerprint density at radius 2 is 2.00 bits per heavy atom. The van der Waals surface area contributed by atoms with Gasteiger partial charge in [0.05, 0.1) is 22.7 Å². The van der Waals surface area contributed by atoms with Crippen LogP contribution in [0.1, 0.15) is 34.5 Å². The first-order chi connectivity index (χ1) is 12.9. The van der Waals surface area contributed by atoms with Gasteiger partial charge in [-0.05, 0) is 38.3 Å². The summed E-state index contributed by atoms with van der Waals surface area (Å²) in [5.41, 5.74) is 7.88. The number of carbonyl (C=O) groups excluding carboxylic acids is 3. The smallest absolute Gasteiger partial charge is 0.340 e. The van der Waals surface area contributed by atoms with Gasteiger partial charge in [-0.3, -0.25) is 14.6 Å². The Balaban J connectivity index is 1.70. The molecule has 2 aromatic rings. The number of amides is 2. The van der Waals surface area contributed by atoms with Gasteiger partial charge in [-0.15, -0.1) is 0 Å². The van der Waals surface area contributed by atoms with E-state index in [1.165, 1.54) is 4.90 Å². The number of nitrogens with zero attached hydrogens (tertiary/aromatic N) is 2. The summed E-state index contributed by atoms with van der Waals surface area (Å²) in [5, 5.41) is 0.877. The van der Waals surface area contributed by atoms with Gasteiger partial charge >= 0.3 is 5.97 Å². The molecule has 7 nitrogen and oxygen atoms in total. The van der Waals surface area contributed by atoms with Crippen LogP contribution < -0.4 is 5.73 Å². The third-order valence-electron chi connectivity index (χ3n) is 5.04. The quantitative estimate of drug-likeness (QED) is 0.827. The van der Waals surface area contributed by atoms with Gasteiger partial charge in [0, 0.05) is 18.5 Å². The van der Waals surface area contributed by atoms with Crippen LogP contribution in [0.2, 0.25) is 0 Å². The number of nitrogens with two attached hydrogens (primary N) is 1. The summed E-state index contributed by atoms with van der Waals surface area (Å²) in [6.45, 7) is 4.05. The molecule has 2 heterocycles. The molecule has 0 aliphatic carbocycles. The summed E-state index contributed by atoms with van der Waals surface area (Å²) >= 11 is 0. The van der Waals surface area contributed by atoms with Crippen molar-refractivity contribution in [2.24, 2.45) is 11.7 Å². The predicted molar refractivity (Wildman–Crippen MR) is 100.0 cm³/mol. The van der Waals surface area contributed by atoms with Crippen LogP contribution in [0.15, 0.2) is 24.3 Å². The minimum atomic E-state index is -0.569. The molecule has 2 amide bonds. The number of para-hydroxylation sites is 1. The second kappa shape index (κ2) is 7.73. The van der Waals surface area contributed by atoms with Gasteiger partial charge in [0.15, 0.2) is 6.61 Å². The molecule has 0 radical (unpaired) electrons. The van der Waals surface area contributed by atoms with E-state index in [1.54, 1.807) is 6.92 Å². The first kappa shape index (κ1) is 18.8. The number of carbonyl (C=O) groups is 3. The fraction of sp³-hybridized carbons (Fsp3) is 0.400. The molecule has 27 heavy (non-hydrogen) atoms. The van der Waals surface area contributed by atoms with Crippen LogP contribution >= 0.6 is 0 Å². The molecule has 1 atom stereocenters. The third kappa shape index (κ3) is 3.92. The lowest BCUT2D eigenvalue weighted by Crippen LogP contribution is -2.45. The maximum atomic E-state index is 12.6.